The molecule has 2 atom stereocenters. The van der Waals surface area contributed by atoms with Gasteiger partial charge in [-0.15, -0.1) is 0 Å². The second-order valence-corrected chi connectivity index (χ2v) is 4.19. The van der Waals surface area contributed by atoms with Crippen molar-refractivity contribution in [3.63, 3.8) is 0 Å². The summed E-state index contributed by atoms with van der Waals surface area (Å²) in [6.45, 7) is 5.56. The Morgan fingerprint density at radius 1 is 1.47 bits per heavy atom. The summed E-state index contributed by atoms with van der Waals surface area (Å²) < 4.78 is 0. The highest BCUT2D eigenvalue weighted by Crippen LogP contribution is 2.36. The summed E-state index contributed by atoms with van der Waals surface area (Å²) in [5.74, 6) is -0.0757. The van der Waals surface area contributed by atoms with Crippen LogP contribution in [0.2, 0.25) is 0 Å². The van der Waals surface area contributed by atoms with Crippen LogP contribution in [0.1, 0.15) is 42.6 Å². The number of anilines is 1. The number of aliphatic hydroxyl groups excluding tert-OH is 1. The number of benzene rings is 1. The van der Waals surface area contributed by atoms with Crippen molar-refractivity contribution in [1.29, 1.82) is 0 Å². The zero-order valence-corrected chi connectivity index (χ0v) is 9.16. The van der Waals surface area contributed by atoms with E-state index < -0.39 is 6.10 Å². The summed E-state index contributed by atoms with van der Waals surface area (Å²) >= 11 is 0. The number of nitrogens with one attached hydrogen (secondary N) is 1. The predicted octanol–water partition coefficient (Wildman–Crippen LogP) is 2.10. The third-order valence-electron chi connectivity index (χ3n) is 2.98. The van der Waals surface area contributed by atoms with Crippen molar-refractivity contribution in [1.82, 2.24) is 0 Å². The molecule has 0 spiro atoms. The van der Waals surface area contributed by atoms with Crippen molar-refractivity contribution < 1.29 is 9.90 Å². The van der Waals surface area contributed by atoms with Crippen molar-refractivity contribution in [2.75, 3.05) is 5.32 Å². The maximum atomic E-state index is 11.5. The van der Waals surface area contributed by atoms with Crippen molar-refractivity contribution in [2.24, 2.45) is 0 Å². The van der Waals surface area contributed by atoms with E-state index in [0.717, 1.165) is 22.4 Å². The number of amides is 1. The smallest absolute Gasteiger partial charge is 0.231 e. The van der Waals surface area contributed by atoms with E-state index >= 15 is 0 Å². The average Bonchev–Trinajstić information content (AvgIpc) is 2.45. The first-order valence-corrected chi connectivity index (χ1v) is 5.14. The molecule has 1 amide bonds. The first kappa shape index (κ1) is 10.2. The SMILES string of the molecule is Cc1cc(C(C)O)cc2c1NC(=O)C2C. The minimum Gasteiger partial charge on any atom is -0.389 e. The van der Waals surface area contributed by atoms with E-state index in [1.54, 1.807) is 6.92 Å². The van der Waals surface area contributed by atoms with Gasteiger partial charge in [0.1, 0.15) is 0 Å². The molecule has 0 saturated carbocycles. The highest BCUT2D eigenvalue weighted by molar-refractivity contribution is 6.03. The Hall–Kier alpha value is -1.35. The standard InChI is InChI=1S/C12H15NO2/c1-6-4-9(8(3)14)5-10-7(2)12(15)13-11(6)10/h4-5,7-8,14H,1-3H3,(H,13,15). The van der Waals surface area contributed by atoms with Gasteiger partial charge in [-0.2, -0.15) is 0 Å². The molecule has 0 bridgehead atoms. The number of aliphatic hydroxyl groups is 1. The average molecular weight is 205 g/mol. The molecule has 1 heterocycles. The van der Waals surface area contributed by atoms with Crippen molar-refractivity contribution in [3.05, 3.63) is 28.8 Å². The van der Waals surface area contributed by atoms with E-state index in [4.69, 9.17) is 0 Å². The summed E-state index contributed by atoms with van der Waals surface area (Å²) in [7, 11) is 0. The maximum absolute atomic E-state index is 11.5. The number of hydrogen-bond donors (Lipinski definition) is 2. The van der Waals surface area contributed by atoms with Crippen LogP contribution in [0.25, 0.3) is 0 Å². The van der Waals surface area contributed by atoms with Crippen LogP contribution in [0, 0.1) is 6.92 Å². The van der Waals surface area contributed by atoms with Crippen LogP contribution in [0.5, 0.6) is 0 Å². The van der Waals surface area contributed by atoms with Gasteiger partial charge >= 0.3 is 0 Å². The van der Waals surface area contributed by atoms with Crippen molar-refractivity contribution >= 4 is 11.6 Å². The second-order valence-electron chi connectivity index (χ2n) is 4.19. The third kappa shape index (κ3) is 1.53. The van der Waals surface area contributed by atoms with Gasteiger partial charge in [0.15, 0.2) is 0 Å². The molecular formula is C12H15NO2. The lowest BCUT2D eigenvalue weighted by atomic mass is 9.96. The van der Waals surface area contributed by atoms with Crippen LogP contribution in [-0.4, -0.2) is 11.0 Å². The van der Waals surface area contributed by atoms with E-state index in [0.29, 0.717) is 0 Å². The molecule has 0 aromatic heterocycles. The summed E-state index contributed by atoms with van der Waals surface area (Å²) in [6.07, 6.45) is -0.489. The van der Waals surface area contributed by atoms with E-state index in [1.807, 2.05) is 26.0 Å². The van der Waals surface area contributed by atoms with E-state index in [1.165, 1.54) is 0 Å². The van der Waals surface area contributed by atoms with Crippen LogP contribution in [0.3, 0.4) is 0 Å². The van der Waals surface area contributed by atoms with Gasteiger partial charge in [-0.3, -0.25) is 4.79 Å². The molecular weight excluding hydrogens is 190 g/mol. The first-order valence-electron chi connectivity index (χ1n) is 5.14. The number of aryl methyl sites for hydroxylation is 1. The number of fused-ring (bicyclic) bond motifs is 1. The molecule has 1 aliphatic heterocycles. The summed E-state index contributed by atoms with van der Waals surface area (Å²) in [5, 5.41) is 12.4. The van der Waals surface area contributed by atoms with Crippen LogP contribution in [0.15, 0.2) is 12.1 Å². The fourth-order valence-corrected chi connectivity index (χ4v) is 1.97. The van der Waals surface area contributed by atoms with Crippen LogP contribution < -0.4 is 5.32 Å². The molecule has 2 N–H and O–H groups in total. The topological polar surface area (TPSA) is 49.3 Å². The fraction of sp³-hybridized carbons (Fsp3) is 0.417. The van der Waals surface area contributed by atoms with Gasteiger partial charge in [-0.25, -0.2) is 0 Å². The molecule has 2 unspecified atom stereocenters. The van der Waals surface area contributed by atoms with Gasteiger partial charge in [0.25, 0.3) is 0 Å². The summed E-state index contributed by atoms with van der Waals surface area (Å²) in [6, 6.07) is 3.83. The quantitative estimate of drug-likeness (QED) is 0.737. The van der Waals surface area contributed by atoms with E-state index in [-0.39, 0.29) is 11.8 Å². The predicted molar refractivity (Wildman–Crippen MR) is 58.9 cm³/mol. The molecule has 1 aromatic carbocycles. The molecule has 80 valence electrons. The van der Waals surface area contributed by atoms with Gasteiger partial charge in [0, 0.05) is 5.69 Å². The van der Waals surface area contributed by atoms with Crippen molar-refractivity contribution in [3.8, 4) is 0 Å². The molecule has 0 saturated heterocycles. The molecule has 0 radical (unpaired) electrons. The molecule has 0 fully saturated rings. The molecule has 0 aliphatic carbocycles. The first-order chi connectivity index (χ1) is 7.00. The largest absolute Gasteiger partial charge is 0.389 e. The third-order valence-corrected chi connectivity index (χ3v) is 2.98. The summed E-state index contributed by atoms with van der Waals surface area (Å²) in [4.78, 5) is 11.5. The Morgan fingerprint density at radius 2 is 2.13 bits per heavy atom. The monoisotopic (exact) mass is 205 g/mol. The lowest BCUT2D eigenvalue weighted by Crippen LogP contribution is -2.08. The molecule has 3 heteroatoms. The zero-order chi connectivity index (χ0) is 11.2. The highest BCUT2D eigenvalue weighted by Gasteiger charge is 2.28. The molecule has 1 aromatic rings. The zero-order valence-electron chi connectivity index (χ0n) is 9.16. The van der Waals surface area contributed by atoms with E-state index in [9.17, 15) is 9.90 Å². The number of hydrogen-bond acceptors (Lipinski definition) is 2. The van der Waals surface area contributed by atoms with Crippen LogP contribution in [0.4, 0.5) is 5.69 Å². The van der Waals surface area contributed by atoms with Gasteiger partial charge in [0.05, 0.1) is 12.0 Å². The number of carbonyl (C=O) groups excluding carboxylic acids is 1. The minimum atomic E-state index is -0.489. The lowest BCUT2D eigenvalue weighted by molar-refractivity contribution is -0.116. The van der Waals surface area contributed by atoms with E-state index in [2.05, 4.69) is 5.32 Å². The lowest BCUT2D eigenvalue weighted by Gasteiger charge is -2.11. The molecule has 3 nitrogen and oxygen atoms in total. The van der Waals surface area contributed by atoms with Gasteiger partial charge in [-0.05, 0) is 37.5 Å². The number of carbonyl (C=O) groups is 1. The Bertz CT molecular complexity index is 424. The van der Waals surface area contributed by atoms with Gasteiger partial charge < -0.3 is 10.4 Å². The number of rotatable bonds is 1. The second kappa shape index (κ2) is 3.35. The summed E-state index contributed by atoms with van der Waals surface area (Å²) in [5.41, 5.74) is 3.79. The highest BCUT2D eigenvalue weighted by atomic mass is 16.3. The van der Waals surface area contributed by atoms with Crippen molar-refractivity contribution in [2.45, 2.75) is 32.8 Å². The Balaban J connectivity index is 2.57. The molecule has 2 rings (SSSR count). The Morgan fingerprint density at radius 3 is 2.73 bits per heavy atom. The maximum Gasteiger partial charge on any atom is 0.231 e. The van der Waals surface area contributed by atoms with Crippen LogP contribution >= 0.6 is 0 Å². The van der Waals surface area contributed by atoms with Crippen LogP contribution in [-0.2, 0) is 4.79 Å². The molecule has 1 aliphatic rings. The Kier molecular flexibility index (Phi) is 2.27. The van der Waals surface area contributed by atoms with Gasteiger partial charge in [0.2, 0.25) is 5.91 Å². The van der Waals surface area contributed by atoms with Gasteiger partial charge in [-0.1, -0.05) is 12.1 Å². The Labute approximate surface area is 89.1 Å². The minimum absolute atomic E-state index is 0.0378. The fourth-order valence-electron chi connectivity index (χ4n) is 1.97. The molecule has 15 heavy (non-hydrogen) atoms. The normalized spacial score (nSPS) is 21.1.